The molecule has 5 heteroatoms. The zero-order valence-electron chi connectivity index (χ0n) is 10.2. The van der Waals surface area contributed by atoms with Crippen LogP contribution >= 0.6 is 12.4 Å². The van der Waals surface area contributed by atoms with E-state index in [0.29, 0.717) is 5.56 Å². The number of hydrogen-bond acceptors (Lipinski definition) is 3. The number of rotatable bonds is 4. The summed E-state index contributed by atoms with van der Waals surface area (Å²) in [5.41, 5.74) is 1.53. The highest BCUT2D eigenvalue weighted by Crippen LogP contribution is 2.07. The van der Waals surface area contributed by atoms with Crippen molar-refractivity contribution in [2.75, 3.05) is 32.8 Å². The maximum absolute atomic E-state index is 10.7. The van der Waals surface area contributed by atoms with E-state index in [1.165, 1.54) is 5.56 Å². The van der Waals surface area contributed by atoms with E-state index < -0.39 is 5.97 Å². The highest BCUT2D eigenvalue weighted by molar-refractivity contribution is 5.87. The Bertz CT molecular complexity index is 374. The minimum absolute atomic E-state index is 0. The van der Waals surface area contributed by atoms with Crippen molar-refractivity contribution < 1.29 is 14.6 Å². The molecule has 18 heavy (non-hydrogen) atoms. The third-order valence-electron chi connectivity index (χ3n) is 3.02. The van der Waals surface area contributed by atoms with Crippen LogP contribution in [0.25, 0.3) is 0 Å². The van der Waals surface area contributed by atoms with Gasteiger partial charge in [0.15, 0.2) is 0 Å². The molecule has 1 heterocycles. The van der Waals surface area contributed by atoms with Crippen LogP contribution in [0.2, 0.25) is 0 Å². The highest BCUT2D eigenvalue weighted by atomic mass is 35.5. The maximum Gasteiger partial charge on any atom is 0.335 e. The predicted molar refractivity (Wildman–Crippen MR) is 71.6 cm³/mol. The van der Waals surface area contributed by atoms with Crippen LogP contribution in [0.3, 0.4) is 0 Å². The Labute approximate surface area is 113 Å². The summed E-state index contributed by atoms with van der Waals surface area (Å²) in [4.78, 5) is 13.1. The van der Waals surface area contributed by atoms with E-state index >= 15 is 0 Å². The van der Waals surface area contributed by atoms with E-state index in [-0.39, 0.29) is 12.4 Å². The zero-order chi connectivity index (χ0) is 12.1. The monoisotopic (exact) mass is 271 g/mol. The van der Waals surface area contributed by atoms with Gasteiger partial charge in [-0.1, -0.05) is 12.1 Å². The SMILES string of the molecule is Cl.O=C(O)c1ccc(CCN2CCOCC2)cc1. The predicted octanol–water partition coefficient (Wildman–Crippen LogP) is 1.68. The van der Waals surface area contributed by atoms with E-state index in [9.17, 15) is 4.79 Å². The number of nitrogens with zero attached hydrogens (tertiary/aromatic N) is 1. The second kappa shape index (κ2) is 7.36. The molecule has 0 bridgehead atoms. The molecule has 0 saturated carbocycles. The van der Waals surface area contributed by atoms with Gasteiger partial charge in [-0.15, -0.1) is 12.4 Å². The fourth-order valence-corrected chi connectivity index (χ4v) is 1.93. The number of carbonyl (C=O) groups is 1. The maximum atomic E-state index is 10.7. The lowest BCUT2D eigenvalue weighted by Gasteiger charge is -2.26. The normalized spacial score (nSPS) is 16.0. The summed E-state index contributed by atoms with van der Waals surface area (Å²) in [5.74, 6) is -0.871. The van der Waals surface area contributed by atoms with Crippen molar-refractivity contribution in [3.8, 4) is 0 Å². The Morgan fingerprint density at radius 3 is 2.39 bits per heavy atom. The Hall–Kier alpha value is -1.10. The molecule has 0 aromatic heterocycles. The van der Waals surface area contributed by atoms with Gasteiger partial charge < -0.3 is 9.84 Å². The van der Waals surface area contributed by atoms with Crippen LogP contribution in [0.1, 0.15) is 15.9 Å². The van der Waals surface area contributed by atoms with Crippen molar-refractivity contribution in [2.24, 2.45) is 0 Å². The van der Waals surface area contributed by atoms with Gasteiger partial charge in [-0.25, -0.2) is 4.79 Å². The van der Waals surface area contributed by atoms with Crippen LogP contribution in [0.15, 0.2) is 24.3 Å². The molecular formula is C13H18ClNO3. The summed E-state index contributed by atoms with van der Waals surface area (Å²) in [6.07, 6.45) is 0.958. The van der Waals surface area contributed by atoms with Crippen molar-refractivity contribution >= 4 is 18.4 Å². The third kappa shape index (κ3) is 4.29. The van der Waals surface area contributed by atoms with Gasteiger partial charge in [0, 0.05) is 19.6 Å². The molecule has 0 radical (unpaired) electrons. The topological polar surface area (TPSA) is 49.8 Å². The lowest BCUT2D eigenvalue weighted by atomic mass is 10.1. The molecular weight excluding hydrogens is 254 g/mol. The fourth-order valence-electron chi connectivity index (χ4n) is 1.93. The fraction of sp³-hybridized carbons (Fsp3) is 0.462. The first-order valence-corrected chi connectivity index (χ1v) is 5.88. The summed E-state index contributed by atoms with van der Waals surface area (Å²) in [7, 11) is 0. The lowest BCUT2D eigenvalue weighted by molar-refractivity contribution is 0.0384. The Balaban J connectivity index is 0.00000162. The van der Waals surface area contributed by atoms with E-state index in [1.807, 2.05) is 12.1 Å². The van der Waals surface area contributed by atoms with Gasteiger partial charge in [0.25, 0.3) is 0 Å². The van der Waals surface area contributed by atoms with Crippen LogP contribution < -0.4 is 0 Å². The highest BCUT2D eigenvalue weighted by Gasteiger charge is 2.09. The molecule has 1 saturated heterocycles. The van der Waals surface area contributed by atoms with Crippen molar-refractivity contribution in [1.29, 1.82) is 0 Å². The molecule has 0 spiro atoms. The summed E-state index contributed by atoms with van der Waals surface area (Å²) in [6, 6.07) is 7.11. The van der Waals surface area contributed by atoms with Gasteiger partial charge in [-0.3, -0.25) is 4.90 Å². The number of morpholine rings is 1. The van der Waals surface area contributed by atoms with Crippen LogP contribution in [0.5, 0.6) is 0 Å². The largest absolute Gasteiger partial charge is 0.478 e. The van der Waals surface area contributed by atoms with Crippen molar-refractivity contribution in [1.82, 2.24) is 4.90 Å². The van der Waals surface area contributed by atoms with Gasteiger partial charge in [-0.2, -0.15) is 0 Å². The lowest BCUT2D eigenvalue weighted by Crippen LogP contribution is -2.37. The molecule has 1 aromatic carbocycles. The molecule has 100 valence electrons. The molecule has 0 amide bonds. The second-order valence-corrected chi connectivity index (χ2v) is 4.21. The molecule has 4 nitrogen and oxygen atoms in total. The summed E-state index contributed by atoms with van der Waals surface area (Å²) in [5, 5.41) is 8.79. The summed E-state index contributed by atoms with van der Waals surface area (Å²) in [6.45, 7) is 4.63. The molecule has 1 fully saturated rings. The molecule has 2 rings (SSSR count). The van der Waals surface area contributed by atoms with E-state index in [1.54, 1.807) is 12.1 Å². The third-order valence-corrected chi connectivity index (χ3v) is 3.02. The molecule has 1 aliphatic heterocycles. The van der Waals surface area contributed by atoms with E-state index in [2.05, 4.69) is 4.90 Å². The van der Waals surface area contributed by atoms with Gasteiger partial charge in [0.05, 0.1) is 18.8 Å². The smallest absolute Gasteiger partial charge is 0.335 e. The second-order valence-electron chi connectivity index (χ2n) is 4.21. The van der Waals surface area contributed by atoms with Crippen molar-refractivity contribution in [3.63, 3.8) is 0 Å². The minimum Gasteiger partial charge on any atom is -0.478 e. The van der Waals surface area contributed by atoms with Gasteiger partial charge in [0.2, 0.25) is 0 Å². The van der Waals surface area contributed by atoms with Crippen LogP contribution in [-0.2, 0) is 11.2 Å². The van der Waals surface area contributed by atoms with Crippen LogP contribution in [0.4, 0.5) is 0 Å². The summed E-state index contributed by atoms with van der Waals surface area (Å²) >= 11 is 0. The average molecular weight is 272 g/mol. The first-order chi connectivity index (χ1) is 8.25. The van der Waals surface area contributed by atoms with Crippen LogP contribution in [0, 0.1) is 0 Å². The quantitative estimate of drug-likeness (QED) is 0.905. The Kier molecular flexibility index (Phi) is 6.12. The first kappa shape index (κ1) is 15.0. The number of benzene rings is 1. The molecule has 1 aromatic rings. The number of hydrogen-bond donors (Lipinski definition) is 1. The van der Waals surface area contributed by atoms with Crippen LogP contribution in [-0.4, -0.2) is 48.8 Å². The van der Waals surface area contributed by atoms with E-state index in [4.69, 9.17) is 9.84 Å². The minimum atomic E-state index is -0.871. The van der Waals surface area contributed by atoms with Gasteiger partial charge in [0.1, 0.15) is 0 Å². The standard InChI is InChI=1S/C13H17NO3.ClH/c15-13(16)12-3-1-11(2-4-12)5-6-14-7-9-17-10-8-14;/h1-4H,5-10H2,(H,15,16);1H. The molecule has 0 aliphatic carbocycles. The molecule has 1 N–H and O–H groups in total. The molecule has 1 aliphatic rings. The average Bonchev–Trinajstić information content (AvgIpc) is 2.38. The zero-order valence-corrected chi connectivity index (χ0v) is 11.0. The van der Waals surface area contributed by atoms with Gasteiger partial charge in [-0.05, 0) is 24.1 Å². The van der Waals surface area contributed by atoms with Crippen molar-refractivity contribution in [3.05, 3.63) is 35.4 Å². The number of carboxylic acids is 1. The number of halogens is 1. The van der Waals surface area contributed by atoms with E-state index in [0.717, 1.165) is 39.3 Å². The van der Waals surface area contributed by atoms with Crippen molar-refractivity contribution in [2.45, 2.75) is 6.42 Å². The Morgan fingerprint density at radius 2 is 1.83 bits per heavy atom. The summed E-state index contributed by atoms with van der Waals surface area (Å²) < 4.78 is 5.29. The number of aromatic carboxylic acids is 1. The molecule has 0 atom stereocenters. The first-order valence-electron chi connectivity index (χ1n) is 5.88. The Morgan fingerprint density at radius 1 is 1.22 bits per heavy atom. The molecule has 0 unspecified atom stereocenters. The number of ether oxygens (including phenoxy) is 1. The van der Waals surface area contributed by atoms with Gasteiger partial charge >= 0.3 is 5.97 Å². The number of carboxylic acid groups (broad SMARTS) is 1.